The van der Waals surface area contributed by atoms with Gasteiger partial charge in [-0.15, -0.1) is 0 Å². The van der Waals surface area contributed by atoms with Gasteiger partial charge in [0.25, 0.3) is 5.91 Å². The minimum atomic E-state index is -4.11. The molecule has 0 saturated carbocycles. The molecule has 2 aromatic carbocycles. The summed E-state index contributed by atoms with van der Waals surface area (Å²) in [6.07, 6.45) is 1.18. The third-order valence-corrected chi connectivity index (χ3v) is 8.39. The van der Waals surface area contributed by atoms with Gasteiger partial charge in [0.05, 0.1) is 13.7 Å². The number of morpholine rings is 1. The molecule has 0 aliphatic carbocycles. The van der Waals surface area contributed by atoms with Crippen LogP contribution in [0.3, 0.4) is 0 Å². The molecule has 1 aliphatic rings. The first-order valence-corrected chi connectivity index (χ1v) is 13.5. The van der Waals surface area contributed by atoms with Crippen molar-refractivity contribution in [2.75, 3.05) is 33.4 Å². The Labute approximate surface area is 224 Å². The van der Waals surface area contributed by atoms with Crippen LogP contribution in [-0.2, 0) is 14.8 Å². The SMILES string of the molecule is COc1ccc(-c2cccc(OC[C@@H]3CN(S(=O)(=O)c4c(C(N)=O)[nH]c5ccc(Cl)cc45)CCO3)c2)cn1. The number of aromatic nitrogens is 2. The normalized spacial score (nSPS) is 16.4. The molecule has 5 rings (SSSR count). The van der Waals surface area contributed by atoms with E-state index in [2.05, 4.69) is 9.97 Å². The summed E-state index contributed by atoms with van der Waals surface area (Å²) in [5, 5.41) is 0.639. The van der Waals surface area contributed by atoms with Crippen molar-refractivity contribution in [3.05, 3.63) is 71.5 Å². The number of benzene rings is 2. The van der Waals surface area contributed by atoms with Crippen molar-refractivity contribution in [3.63, 3.8) is 0 Å². The van der Waals surface area contributed by atoms with Crippen LogP contribution in [0.2, 0.25) is 5.02 Å². The van der Waals surface area contributed by atoms with Gasteiger partial charge in [0, 0.05) is 46.8 Å². The Hall–Kier alpha value is -3.64. The molecule has 0 spiro atoms. The highest BCUT2D eigenvalue weighted by Gasteiger charge is 2.36. The van der Waals surface area contributed by atoms with E-state index < -0.39 is 22.0 Å². The number of aromatic amines is 1. The minimum absolute atomic E-state index is 0.0376. The van der Waals surface area contributed by atoms with Crippen LogP contribution in [0.15, 0.2) is 65.7 Å². The van der Waals surface area contributed by atoms with Crippen LogP contribution in [0, 0.1) is 0 Å². The first kappa shape index (κ1) is 26.0. The molecule has 1 amide bonds. The van der Waals surface area contributed by atoms with Crippen molar-refractivity contribution in [1.82, 2.24) is 14.3 Å². The summed E-state index contributed by atoms with van der Waals surface area (Å²) in [5.74, 6) is 0.244. The number of hydrogen-bond donors (Lipinski definition) is 2. The summed E-state index contributed by atoms with van der Waals surface area (Å²) in [4.78, 5) is 19.0. The standard InChI is InChI=1S/C26H25ClN4O6S/c1-35-23-8-5-17(13-29-23)16-3-2-4-19(11-16)37-15-20-14-31(9-10-36-20)38(33,34)25-21-12-18(27)6-7-22(21)30-24(25)26(28)32/h2-8,11-13,20,30H,9-10,14-15H2,1H3,(H2,28,32)/t20-/m0/s1. The Morgan fingerprint density at radius 3 is 2.79 bits per heavy atom. The first-order chi connectivity index (χ1) is 18.3. The Bertz CT molecular complexity index is 1590. The number of nitrogens with two attached hydrogens (primary N) is 1. The summed E-state index contributed by atoms with van der Waals surface area (Å²) in [5.41, 5.74) is 7.57. The number of sulfonamides is 1. The average Bonchev–Trinajstić information content (AvgIpc) is 3.32. The largest absolute Gasteiger partial charge is 0.491 e. The zero-order valence-corrected chi connectivity index (χ0v) is 22.0. The Balaban J connectivity index is 1.33. The number of primary amides is 1. The van der Waals surface area contributed by atoms with Crippen molar-refractivity contribution >= 4 is 38.4 Å². The number of fused-ring (bicyclic) bond motifs is 1. The van der Waals surface area contributed by atoms with E-state index in [-0.39, 0.29) is 36.9 Å². The lowest BCUT2D eigenvalue weighted by Crippen LogP contribution is -2.47. The lowest BCUT2D eigenvalue weighted by Gasteiger charge is -2.32. The molecule has 2 aromatic heterocycles. The monoisotopic (exact) mass is 556 g/mol. The fourth-order valence-corrected chi connectivity index (χ4v) is 6.31. The summed E-state index contributed by atoms with van der Waals surface area (Å²) < 4.78 is 45.6. The van der Waals surface area contributed by atoms with Crippen molar-refractivity contribution in [2.24, 2.45) is 5.73 Å². The quantitative estimate of drug-likeness (QED) is 0.339. The van der Waals surface area contributed by atoms with E-state index in [1.165, 1.54) is 10.4 Å². The van der Waals surface area contributed by atoms with Crippen LogP contribution < -0.4 is 15.2 Å². The highest BCUT2D eigenvalue weighted by Crippen LogP contribution is 2.32. The van der Waals surface area contributed by atoms with Gasteiger partial charge in [0.15, 0.2) is 0 Å². The number of carbonyl (C=O) groups excluding carboxylic acids is 1. The lowest BCUT2D eigenvalue weighted by atomic mass is 10.1. The lowest BCUT2D eigenvalue weighted by molar-refractivity contribution is -0.0249. The van der Waals surface area contributed by atoms with E-state index in [0.29, 0.717) is 27.6 Å². The van der Waals surface area contributed by atoms with Gasteiger partial charge in [-0.25, -0.2) is 13.4 Å². The van der Waals surface area contributed by atoms with Crippen LogP contribution in [0.4, 0.5) is 0 Å². The summed E-state index contributed by atoms with van der Waals surface area (Å²) >= 11 is 6.12. The molecule has 1 atom stereocenters. The zero-order valence-electron chi connectivity index (χ0n) is 20.4. The number of ether oxygens (including phenoxy) is 3. The molecule has 4 aromatic rings. The highest BCUT2D eigenvalue weighted by atomic mass is 35.5. The number of nitrogens with one attached hydrogen (secondary N) is 1. The van der Waals surface area contributed by atoms with Crippen molar-refractivity contribution in [1.29, 1.82) is 0 Å². The second-order valence-corrected chi connectivity index (χ2v) is 11.0. The van der Waals surface area contributed by atoms with Crippen LogP contribution in [-0.4, -0.2) is 68.1 Å². The molecule has 1 fully saturated rings. The van der Waals surface area contributed by atoms with Crippen molar-refractivity contribution in [3.8, 4) is 22.8 Å². The van der Waals surface area contributed by atoms with E-state index >= 15 is 0 Å². The predicted octanol–water partition coefficient (Wildman–Crippen LogP) is 3.46. The summed E-state index contributed by atoms with van der Waals surface area (Å²) in [6, 6.07) is 15.9. The smallest absolute Gasteiger partial charge is 0.266 e. The number of amides is 1. The molecule has 12 heteroatoms. The van der Waals surface area contributed by atoms with E-state index in [0.717, 1.165) is 11.1 Å². The number of hydrogen-bond acceptors (Lipinski definition) is 7. The number of pyridine rings is 1. The molecular formula is C26H25ClN4O6S. The predicted molar refractivity (Wildman–Crippen MR) is 142 cm³/mol. The van der Waals surface area contributed by atoms with Crippen LogP contribution in [0.1, 0.15) is 10.5 Å². The van der Waals surface area contributed by atoms with E-state index in [9.17, 15) is 13.2 Å². The maximum absolute atomic E-state index is 13.7. The molecular weight excluding hydrogens is 532 g/mol. The number of rotatable bonds is 8. The Morgan fingerprint density at radius 2 is 2.05 bits per heavy atom. The minimum Gasteiger partial charge on any atom is -0.491 e. The van der Waals surface area contributed by atoms with E-state index in [1.807, 2.05) is 30.3 Å². The van der Waals surface area contributed by atoms with Gasteiger partial charge in [-0.3, -0.25) is 4.79 Å². The van der Waals surface area contributed by atoms with E-state index in [1.54, 1.807) is 31.5 Å². The zero-order chi connectivity index (χ0) is 26.9. The van der Waals surface area contributed by atoms with Gasteiger partial charge < -0.3 is 24.9 Å². The van der Waals surface area contributed by atoms with Gasteiger partial charge in [-0.1, -0.05) is 23.7 Å². The number of carbonyl (C=O) groups is 1. The second kappa shape index (κ2) is 10.6. The molecule has 0 bridgehead atoms. The topological polar surface area (TPSA) is 137 Å². The molecule has 1 aliphatic heterocycles. The molecule has 0 unspecified atom stereocenters. The van der Waals surface area contributed by atoms with Crippen LogP contribution in [0.25, 0.3) is 22.0 Å². The van der Waals surface area contributed by atoms with Crippen LogP contribution in [0.5, 0.6) is 11.6 Å². The molecule has 3 N–H and O–H groups in total. The third kappa shape index (κ3) is 5.18. The second-order valence-electron chi connectivity index (χ2n) is 8.67. The summed E-state index contributed by atoms with van der Waals surface area (Å²) in [7, 11) is -2.55. The molecule has 3 heterocycles. The maximum Gasteiger partial charge on any atom is 0.266 e. The van der Waals surface area contributed by atoms with Gasteiger partial charge in [0.2, 0.25) is 15.9 Å². The molecule has 38 heavy (non-hydrogen) atoms. The first-order valence-electron chi connectivity index (χ1n) is 11.7. The van der Waals surface area contributed by atoms with Gasteiger partial charge >= 0.3 is 0 Å². The molecule has 198 valence electrons. The number of methoxy groups -OCH3 is 1. The Kier molecular flexibility index (Phi) is 7.26. The van der Waals surface area contributed by atoms with Crippen LogP contribution >= 0.6 is 11.6 Å². The Morgan fingerprint density at radius 1 is 1.21 bits per heavy atom. The number of H-pyrrole nitrogens is 1. The van der Waals surface area contributed by atoms with E-state index in [4.69, 9.17) is 31.5 Å². The molecule has 0 radical (unpaired) electrons. The van der Waals surface area contributed by atoms with Gasteiger partial charge in [-0.05, 0) is 42.0 Å². The summed E-state index contributed by atoms with van der Waals surface area (Å²) in [6.45, 7) is 0.443. The molecule has 1 saturated heterocycles. The maximum atomic E-state index is 13.7. The average molecular weight is 557 g/mol. The fraction of sp³-hybridized carbons (Fsp3) is 0.231. The fourth-order valence-electron chi connectivity index (χ4n) is 4.35. The third-order valence-electron chi connectivity index (χ3n) is 6.21. The van der Waals surface area contributed by atoms with Gasteiger partial charge in [0.1, 0.15) is 29.0 Å². The highest BCUT2D eigenvalue weighted by molar-refractivity contribution is 7.89. The van der Waals surface area contributed by atoms with Gasteiger partial charge in [-0.2, -0.15) is 4.31 Å². The van der Waals surface area contributed by atoms with Crippen molar-refractivity contribution in [2.45, 2.75) is 11.0 Å². The number of halogens is 1. The molecule has 10 nitrogen and oxygen atoms in total. The van der Waals surface area contributed by atoms with Crippen molar-refractivity contribution < 1.29 is 27.4 Å². The number of nitrogens with zero attached hydrogens (tertiary/aromatic N) is 2.